The zero-order valence-electron chi connectivity index (χ0n) is 12.3. The number of nitrogens with one attached hydrogen (secondary N) is 1. The molecule has 10 heteroatoms. The lowest BCUT2D eigenvalue weighted by Crippen LogP contribution is -2.22. The van der Waals surface area contributed by atoms with Gasteiger partial charge in [-0.05, 0) is 6.92 Å². The normalized spacial score (nSPS) is 10.8. The molecule has 8 nitrogen and oxygen atoms in total. The van der Waals surface area contributed by atoms with Crippen molar-refractivity contribution in [3.63, 3.8) is 0 Å². The molecule has 0 fully saturated rings. The fourth-order valence-electron chi connectivity index (χ4n) is 2.21. The highest BCUT2D eigenvalue weighted by Crippen LogP contribution is 2.26. The Labute approximate surface area is 144 Å². The maximum absolute atomic E-state index is 12.7. The van der Waals surface area contributed by atoms with Crippen LogP contribution in [0.25, 0.3) is 16.2 Å². The molecule has 3 rings (SSSR count). The van der Waals surface area contributed by atoms with Crippen molar-refractivity contribution in [3.8, 4) is 5.13 Å². The van der Waals surface area contributed by atoms with Crippen LogP contribution in [0.2, 0.25) is 5.15 Å². The van der Waals surface area contributed by atoms with Gasteiger partial charge in [0.25, 0.3) is 0 Å². The van der Waals surface area contributed by atoms with E-state index in [1.807, 2.05) is 5.48 Å². The number of aromatic nitrogens is 3. The summed E-state index contributed by atoms with van der Waals surface area (Å²) < 4.78 is 6.39. The van der Waals surface area contributed by atoms with Crippen LogP contribution in [0.4, 0.5) is 5.69 Å². The van der Waals surface area contributed by atoms with E-state index in [9.17, 15) is 14.8 Å². The van der Waals surface area contributed by atoms with Crippen LogP contribution in [0.5, 0.6) is 0 Å². The first kappa shape index (κ1) is 16.4. The Morgan fingerprint density at radius 1 is 1.54 bits per heavy atom. The van der Waals surface area contributed by atoms with Crippen molar-refractivity contribution in [2.75, 3.05) is 12.1 Å². The third kappa shape index (κ3) is 2.73. The number of carbonyl (C=O) groups excluding carboxylic acids is 1. The molecule has 2 N–H and O–H groups in total. The lowest BCUT2D eigenvalue weighted by Gasteiger charge is -2.12. The smallest absolute Gasteiger partial charge is 0.343 e. The molecule has 0 aliphatic heterocycles. The van der Waals surface area contributed by atoms with Crippen molar-refractivity contribution < 1.29 is 14.7 Å². The molecule has 0 atom stereocenters. The SMILES string of the molecule is CCOC(=O)c1cn(-c2nccs2)c2nc(Cl)cc(NO)c2c1=O. The van der Waals surface area contributed by atoms with Crippen LogP contribution in [-0.4, -0.2) is 32.3 Å². The van der Waals surface area contributed by atoms with Gasteiger partial charge in [0.05, 0.1) is 17.7 Å². The number of halogens is 1. The van der Waals surface area contributed by atoms with E-state index >= 15 is 0 Å². The summed E-state index contributed by atoms with van der Waals surface area (Å²) in [5, 5.41) is 11.6. The second-order valence-electron chi connectivity index (χ2n) is 4.58. The Morgan fingerprint density at radius 3 is 2.96 bits per heavy atom. The van der Waals surface area contributed by atoms with Crippen LogP contribution in [0, 0.1) is 0 Å². The number of nitrogens with zero attached hydrogens (tertiary/aromatic N) is 3. The molecule has 0 unspecified atom stereocenters. The largest absolute Gasteiger partial charge is 0.462 e. The Bertz CT molecular complexity index is 971. The van der Waals surface area contributed by atoms with Crippen molar-refractivity contribution in [1.82, 2.24) is 14.5 Å². The monoisotopic (exact) mass is 366 g/mol. The van der Waals surface area contributed by atoms with Gasteiger partial charge in [0, 0.05) is 23.8 Å². The van der Waals surface area contributed by atoms with Gasteiger partial charge in [0.2, 0.25) is 5.43 Å². The number of rotatable bonds is 4. The minimum absolute atomic E-state index is 0.00246. The van der Waals surface area contributed by atoms with E-state index in [2.05, 4.69) is 9.97 Å². The third-order valence-electron chi connectivity index (χ3n) is 3.17. The predicted molar refractivity (Wildman–Crippen MR) is 89.4 cm³/mol. The van der Waals surface area contributed by atoms with Crippen LogP contribution in [0.15, 0.2) is 28.6 Å². The number of hydrogen-bond acceptors (Lipinski definition) is 8. The maximum Gasteiger partial charge on any atom is 0.343 e. The summed E-state index contributed by atoms with van der Waals surface area (Å²) in [6.07, 6.45) is 2.88. The maximum atomic E-state index is 12.7. The number of fused-ring (bicyclic) bond motifs is 1. The number of ether oxygens (including phenoxy) is 1. The second-order valence-corrected chi connectivity index (χ2v) is 5.84. The summed E-state index contributed by atoms with van der Waals surface area (Å²) in [5.41, 5.74) is 1.29. The van der Waals surface area contributed by atoms with E-state index in [0.717, 1.165) is 0 Å². The second kappa shape index (κ2) is 6.56. The number of carbonyl (C=O) groups is 1. The van der Waals surface area contributed by atoms with Gasteiger partial charge in [-0.3, -0.25) is 20.0 Å². The fraction of sp³-hybridized carbons (Fsp3) is 0.143. The van der Waals surface area contributed by atoms with E-state index in [-0.39, 0.29) is 34.0 Å². The number of anilines is 1. The van der Waals surface area contributed by atoms with E-state index in [0.29, 0.717) is 5.13 Å². The third-order valence-corrected chi connectivity index (χ3v) is 4.13. The Kier molecular flexibility index (Phi) is 4.47. The van der Waals surface area contributed by atoms with Gasteiger partial charge in [-0.2, -0.15) is 0 Å². The average molecular weight is 367 g/mol. The van der Waals surface area contributed by atoms with Gasteiger partial charge < -0.3 is 4.74 Å². The summed E-state index contributed by atoms with van der Waals surface area (Å²) in [7, 11) is 0. The lowest BCUT2D eigenvalue weighted by molar-refractivity contribution is 0.0524. The van der Waals surface area contributed by atoms with E-state index in [4.69, 9.17) is 16.3 Å². The van der Waals surface area contributed by atoms with E-state index < -0.39 is 11.4 Å². The van der Waals surface area contributed by atoms with Gasteiger partial charge in [0.1, 0.15) is 10.7 Å². The highest BCUT2D eigenvalue weighted by Gasteiger charge is 2.21. The Morgan fingerprint density at radius 2 is 2.33 bits per heavy atom. The fourth-order valence-corrected chi connectivity index (χ4v) is 3.01. The van der Waals surface area contributed by atoms with Gasteiger partial charge >= 0.3 is 5.97 Å². The van der Waals surface area contributed by atoms with Crippen molar-refractivity contribution >= 4 is 45.6 Å². The molecule has 3 aromatic rings. The zero-order valence-corrected chi connectivity index (χ0v) is 13.9. The molecule has 0 spiro atoms. The van der Waals surface area contributed by atoms with Gasteiger partial charge in [-0.25, -0.2) is 14.8 Å². The minimum Gasteiger partial charge on any atom is -0.462 e. The van der Waals surface area contributed by atoms with E-state index in [1.165, 1.54) is 28.2 Å². The molecule has 124 valence electrons. The number of pyridine rings is 2. The molecule has 0 aliphatic rings. The van der Waals surface area contributed by atoms with Gasteiger partial charge in [-0.1, -0.05) is 11.6 Å². The summed E-state index contributed by atoms with van der Waals surface area (Å²) in [6, 6.07) is 1.28. The molecule has 0 radical (unpaired) electrons. The van der Waals surface area contributed by atoms with Crippen molar-refractivity contribution in [1.29, 1.82) is 0 Å². The van der Waals surface area contributed by atoms with Crippen molar-refractivity contribution in [3.05, 3.63) is 44.8 Å². The number of esters is 1. The number of thiazole rings is 1. The Hall–Kier alpha value is -2.49. The topological polar surface area (TPSA) is 106 Å². The average Bonchev–Trinajstić information content (AvgIpc) is 3.08. The predicted octanol–water partition coefficient (Wildman–Crippen LogP) is 2.47. The summed E-state index contributed by atoms with van der Waals surface area (Å²) in [4.78, 5) is 33.1. The first-order valence-electron chi connectivity index (χ1n) is 6.79. The van der Waals surface area contributed by atoms with E-state index in [1.54, 1.807) is 18.5 Å². The zero-order chi connectivity index (χ0) is 17.3. The number of hydrogen-bond donors (Lipinski definition) is 2. The van der Waals surface area contributed by atoms with Crippen LogP contribution in [0.3, 0.4) is 0 Å². The molecule has 0 saturated carbocycles. The quantitative estimate of drug-likeness (QED) is 0.415. The highest BCUT2D eigenvalue weighted by molar-refractivity contribution is 7.12. The molecule has 3 aromatic heterocycles. The first-order chi connectivity index (χ1) is 11.6. The van der Waals surface area contributed by atoms with Crippen molar-refractivity contribution in [2.24, 2.45) is 0 Å². The molecule has 0 aromatic carbocycles. The van der Waals surface area contributed by atoms with Crippen LogP contribution < -0.4 is 10.9 Å². The molecule has 0 saturated heterocycles. The highest BCUT2D eigenvalue weighted by atomic mass is 35.5. The molecule has 3 heterocycles. The first-order valence-corrected chi connectivity index (χ1v) is 8.05. The van der Waals surface area contributed by atoms with Crippen molar-refractivity contribution in [2.45, 2.75) is 6.92 Å². The molecular formula is C14H11ClN4O4S. The van der Waals surface area contributed by atoms with Crippen LogP contribution in [0.1, 0.15) is 17.3 Å². The summed E-state index contributed by atoms with van der Waals surface area (Å²) >= 11 is 7.24. The molecule has 24 heavy (non-hydrogen) atoms. The van der Waals surface area contributed by atoms with Crippen LogP contribution in [-0.2, 0) is 4.74 Å². The standard InChI is InChI=1S/C14H11ClN4O4S/c1-2-23-13(21)7-6-19(14-16-3-4-24-14)12-10(11(7)20)8(18-22)5-9(15)17-12/h3-6,22H,2H2,1H3,(H,17,18). The Balaban J connectivity index is 2.44. The molecule has 0 aliphatic carbocycles. The lowest BCUT2D eigenvalue weighted by atomic mass is 10.1. The van der Waals surface area contributed by atoms with Gasteiger partial charge in [-0.15, -0.1) is 11.3 Å². The van der Waals surface area contributed by atoms with Gasteiger partial charge in [0.15, 0.2) is 10.8 Å². The molecule has 0 amide bonds. The minimum atomic E-state index is -0.770. The summed E-state index contributed by atoms with van der Waals surface area (Å²) in [5.74, 6) is -0.770. The molecule has 0 bridgehead atoms. The van der Waals surface area contributed by atoms with Crippen LogP contribution >= 0.6 is 22.9 Å². The summed E-state index contributed by atoms with van der Waals surface area (Å²) in [6.45, 7) is 1.76. The molecular weight excluding hydrogens is 356 g/mol.